The van der Waals surface area contributed by atoms with Crippen molar-refractivity contribution in [1.29, 1.82) is 0 Å². The van der Waals surface area contributed by atoms with Gasteiger partial charge in [-0.05, 0) is 30.7 Å². The van der Waals surface area contributed by atoms with Crippen LogP contribution in [0.25, 0.3) is 16.9 Å². The third kappa shape index (κ3) is 3.83. The van der Waals surface area contributed by atoms with Crippen LogP contribution in [0.3, 0.4) is 0 Å². The Balaban J connectivity index is 1.68. The van der Waals surface area contributed by atoms with E-state index in [2.05, 4.69) is 10.3 Å². The zero-order valence-electron chi connectivity index (χ0n) is 15.5. The van der Waals surface area contributed by atoms with Crippen molar-refractivity contribution in [2.75, 3.05) is 0 Å². The molecule has 0 spiro atoms. The molecule has 5 heteroatoms. The van der Waals surface area contributed by atoms with E-state index in [0.29, 0.717) is 17.8 Å². The second-order valence-corrected chi connectivity index (χ2v) is 6.58. The Morgan fingerprint density at radius 3 is 2.50 bits per heavy atom. The second kappa shape index (κ2) is 7.88. The Hall–Kier alpha value is -3.73. The van der Waals surface area contributed by atoms with Crippen molar-refractivity contribution in [2.45, 2.75) is 13.5 Å². The van der Waals surface area contributed by atoms with Gasteiger partial charge in [0.2, 0.25) is 0 Å². The Labute approximate surface area is 163 Å². The monoisotopic (exact) mass is 368 g/mol. The standard InChI is InChI=1S/C23H20N4O/c1-17-9-11-19(12-10-17)22-21(16-27(26-22)20-7-3-2-4-8-20)23(28)25-15-18-6-5-13-24-14-18/h2-14,16H,15H2,1H3,(H,25,28). The molecular weight excluding hydrogens is 348 g/mol. The number of pyridine rings is 1. The first-order valence-corrected chi connectivity index (χ1v) is 9.10. The number of para-hydroxylation sites is 1. The molecule has 0 saturated carbocycles. The van der Waals surface area contributed by atoms with Crippen LogP contribution >= 0.6 is 0 Å². The van der Waals surface area contributed by atoms with Crippen LogP contribution in [-0.2, 0) is 6.54 Å². The highest BCUT2D eigenvalue weighted by molar-refractivity contribution is 5.99. The van der Waals surface area contributed by atoms with Crippen LogP contribution in [-0.4, -0.2) is 20.7 Å². The number of amides is 1. The summed E-state index contributed by atoms with van der Waals surface area (Å²) in [5.74, 6) is -0.165. The van der Waals surface area contributed by atoms with Gasteiger partial charge in [0.05, 0.1) is 11.3 Å². The zero-order chi connectivity index (χ0) is 19.3. The SMILES string of the molecule is Cc1ccc(-c2nn(-c3ccccc3)cc2C(=O)NCc2cccnc2)cc1. The molecule has 0 aliphatic heterocycles. The molecule has 2 aromatic heterocycles. The van der Waals surface area contributed by atoms with Crippen LogP contribution in [0.2, 0.25) is 0 Å². The maximum absolute atomic E-state index is 12.9. The molecule has 1 N–H and O–H groups in total. The first-order chi connectivity index (χ1) is 13.7. The van der Waals surface area contributed by atoms with E-state index >= 15 is 0 Å². The van der Waals surface area contributed by atoms with Crippen LogP contribution in [0.15, 0.2) is 85.3 Å². The van der Waals surface area contributed by atoms with Gasteiger partial charge in [0.1, 0.15) is 5.69 Å². The fourth-order valence-corrected chi connectivity index (χ4v) is 2.96. The lowest BCUT2D eigenvalue weighted by Crippen LogP contribution is -2.23. The fraction of sp³-hybridized carbons (Fsp3) is 0.0870. The van der Waals surface area contributed by atoms with Crippen LogP contribution < -0.4 is 5.32 Å². The van der Waals surface area contributed by atoms with Gasteiger partial charge < -0.3 is 5.32 Å². The third-order valence-corrected chi connectivity index (χ3v) is 4.48. The van der Waals surface area contributed by atoms with Gasteiger partial charge in [-0.25, -0.2) is 4.68 Å². The Kier molecular flexibility index (Phi) is 4.97. The van der Waals surface area contributed by atoms with E-state index in [1.54, 1.807) is 23.3 Å². The zero-order valence-corrected chi connectivity index (χ0v) is 15.5. The van der Waals surface area contributed by atoms with E-state index in [4.69, 9.17) is 5.10 Å². The largest absolute Gasteiger partial charge is 0.348 e. The van der Waals surface area contributed by atoms with Crippen LogP contribution in [0.4, 0.5) is 0 Å². The lowest BCUT2D eigenvalue weighted by molar-refractivity contribution is 0.0951. The Bertz CT molecular complexity index is 1070. The summed E-state index contributed by atoms with van der Waals surface area (Å²) in [6.45, 7) is 2.45. The van der Waals surface area contributed by atoms with E-state index in [9.17, 15) is 4.79 Å². The minimum atomic E-state index is -0.165. The molecule has 0 unspecified atom stereocenters. The molecule has 2 heterocycles. The lowest BCUT2D eigenvalue weighted by Gasteiger charge is -2.05. The number of rotatable bonds is 5. The number of benzene rings is 2. The summed E-state index contributed by atoms with van der Waals surface area (Å²) in [4.78, 5) is 17.0. The van der Waals surface area contributed by atoms with Crippen LogP contribution in [0, 0.1) is 6.92 Å². The molecular formula is C23H20N4O. The van der Waals surface area contributed by atoms with E-state index < -0.39 is 0 Å². The molecule has 0 atom stereocenters. The van der Waals surface area contributed by atoms with Gasteiger partial charge in [0, 0.05) is 30.7 Å². The number of aromatic nitrogens is 3. The minimum Gasteiger partial charge on any atom is -0.348 e. The van der Waals surface area contributed by atoms with Gasteiger partial charge in [-0.1, -0.05) is 54.1 Å². The molecule has 138 valence electrons. The highest BCUT2D eigenvalue weighted by Crippen LogP contribution is 2.24. The summed E-state index contributed by atoms with van der Waals surface area (Å²) in [6.07, 6.45) is 5.24. The minimum absolute atomic E-state index is 0.165. The van der Waals surface area contributed by atoms with E-state index in [0.717, 1.165) is 22.4 Å². The predicted octanol–water partition coefficient (Wildman–Crippen LogP) is 4.17. The summed E-state index contributed by atoms with van der Waals surface area (Å²) in [6, 6.07) is 21.6. The highest BCUT2D eigenvalue weighted by atomic mass is 16.1. The summed E-state index contributed by atoms with van der Waals surface area (Å²) in [5, 5.41) is 7.67. The normalized spacial score (nSPS) is 10.6. The maximum Gasteiger partial charge on any atom is 0.255 e. The van der Waals surface area contributed by atoms with Gasteiger partial charge in [-0.2, -0.15) is 5.10 Å². The molecule has 28 heavy (non-hydrogen) atoms. The summed E-state index contributed by atoms with van der Waals surface area (Å²) < 4.78 is 1.74. The number of nitrogens with one attached hydrogen (secondary N) is 1. The predicted molar refractivity (Wildman–Crippen MR) is 109 cm³/mol. The number of carbonyl (C=O) groups excluding carboxylic acids is 1. The van der Waals surface area contributed by atoms with E-state index in [-0.39, 0.29) is 5.91 Å². The maximum atomic E-state index is 12.9. The molecule has 0 aliphatic rings. The number of hydrogen-bond acceptors (Lipinski definition) is 3. The number of nitrogens with zero attached hydrogens (tertiary/aromatic N) is 3. The molecule has 0 saturated heterocycles. The van der Waals surface area contributed by atoms with Crippen LogP contribution in [0.5, 0.6) is 0 Å². The molecule has 0 fully saturated rings. The first-order valence-electron chi connectivity index (χ1n) is 9.10. The van der Waals surface area contributed by atoms with Crippen LogP contribution in [0.1, 0.15) is 21.5 Å². The van der Waals surface area contributed by atoms with Crippen molar-refractivity contribution < 1.29 is 4.79 Å². The molecule has 0 aliphatic carbocycles. The highest BCUT2D eigenvalue weighted by Gasteiger charge is 2.18. The Morgan fingerprint density at radius 1 is 1.00 bits per heavy atom. The Morgan fingerprint density at radius 2 is 1.79 bits per heavy atom. The van der Waals surface area contributed by atoms with Gasteiger partial charge >= 0.3 is 0 Å². The molecule has 1 amide bonds. The summed E-state index contributed by atoms with van der Waals surface area (Å²) in [7, 11) is 0. The topological polar surface area (TPSA) is 59.8 Å². The van der Waals surface area contributed by atoms with Gasteiger partial charge in [0.15, 0.2) is 0 Å². The first kappa shape index (κ1) is 17.7. The molecule has 4 aromatic rings. The van der Waals surface area contributed by atoms with Crippen molar-refractivity contribution in [1.82, 2.24) is 20.1 Å². The van der Waals surface area contributed by atoms with E-state index in [1.165, 1.54) is 0 Å². The average molecular weight is 368 g/mol. The van der Waals surface area contributed by atoms with Gasteiger partial charge in [0.25, 0.3) is 5.91 Å². The molecule has 0 radical (unpaired) electrons. The average Bonchev–Trinajstić information content (AvgIpc) is 3.19. The molecule has 2 aromatic carbocycles. The smallest absolute Gasteiger partial charge is 0.255 e. The summed E-state index contributed by atoms with van der Waals surface area (Å²) >= 11 is 0. The summed E-state index contributed by atoms with van der Waals surface area (Å²) in [5.41, 5.74) is 5.12. The molecule has 4 rings (SSSR count). The van der Waals surface area contributed by atoms with Crippen molar-refractivity contribution >= 4 is 5.91 Å². The van der Waals surface area contributed by atoms with Crippen molar-refractivity contribution in [3.8, 4) is 16.9 Å². The molecule has 5 nitrogen and oxygen atoms in total. The fourth-order valence-electron chi connectivity index (χ4n) is 2.96. The lowest BCUT2D eigenvalue weighted by atomic mass is 10.1. The van der Waals surface area contributed by atoms with Crippen molar-refractivity contribution in [3.63, 3.8) is 0 Å². The number of carbonyl (C=O) groups is 1. The van der Waals surface area contributed by atoms with Gasteiger partial charge in [-0.15, -0.1) is 0 Å². The quantitative estimate of drug-likeness (QED) is 0.575. The van der Waals surface area contributed by atoms with Crippen molar-refractivity contribution in [2.24, 2.45) is 0 Å². The van der Waals surface area contributed by atoms with E-state index in [1.807, 2.05) is 73.7 Å². The second-order valence-electron chi connectivity index (χ2n) is 6.58. The van der Waals surface area contributed by atoms with Gasteiger partial charge in [-0.3, -0.25) is 9.78 Å². The molecule has 0 bridgehead atoms. The van der Waals surface area contributed by atoms with Crippen molar-refractivity contribution in [3.05, 3.63) is 102 Å². The number of hydrogen-bond donors (Lipinski definition) is 1. The third-order valence-electron chi connectivity index (χ3n) is 4.48. The number of aryl methyl sites for hydroxylation is 1.